The van der Waals surface area contributed by atoms with Gasteiger partial charge in [-0.3, -0.25) is 5.43 Å². The van der Waals surface area contributed by atoms with Crippen molar-refractivity contribution in [2.75, 3.05) is 26.9 Å². The standard InChI is InChI=1S/C33H37FN4O8/c1-5-43-27-15-21(10-12-25(27)45-18-22-8-7-9-24(34)14-22)17-35-38-29(39)19-46-26-13-11-23(16-28(26)44-6-2)31-30(32(40)42-4)20(3)36-33(41)37-31/h7-17,29,31,38-39H,5-6,18-19H2,1-4H3,(H2,36,37,41)/b35-17-/t29-,31+/m1/s1. The van der Waals surface area contributed by atoms with E-state index in [1.165, 1.54) is 25.5 Å². The van der Waals surface area contributed by atoms with E-state index in [1.807, 2.05) is 6.92 Å². The maximum absolute atomic E-state index is 13.5. The van der Waals surface area contributed by atoms with Gasteiger partial charge < -0.3 is 39.4 Å². The predicted molar refractivity (Wildman–Crippen MR) is 167 cm³/mol. The van der Waals surface area contributed by atoms with Gasteiger partial charge in [-0.25, -0.2) is 14.0 Å². The second kappa shape index (κ2) is 16.1. The monoisotopic (exact) mass is 636 g/mol. The van der Waals surface area contributed by atoms with Crippen molar-refractivity contribution in [1.82, 2.24) is 16.1 Å². The molecule has 1 heterocycles. The molecule has 1 aliphatic heterocycles. The number of aliphatic hydroxyl groups excluding tert-OH is 1. The summed E-state index contributed by atoms with van der Waals surface area (Å²) in [7, 11) is 1.27. The van der Waals surface area contributed by atoms with Crippen LogP contribution in [0.2, 0.25) is 0 Å². The third kappa shape index (κ3) is 8.88. The van der Waals surface area contributed by atoms with Gasteiger partial charge >= 0.3 is 12.0 Å². The third-order valence-corrected chi connectivity index (χ3v) is 6.66. The van der Waals surface area contributed by atoms with Crippen LogP contribution < -0.4 is 35.0 Å². The second-order valence-electron chi connectivity index (χ2n) is 9.97. The van der Waals surface area contributed by atoms with Gasteiger partial charge in [-0.15, -0.1) is 0 Å². The maximum Gasteiger partial charge on any atom is 0.337 e. The highest BCUT2D eigenvalue weighted by atomic mass is 19.1. The number of carbonyl (C=O) groups is 2. The Kier molecular flexibility index (Phi) is 11.8. The first-order valence-electron chi connectivity index (χ1n) is 14.6. The van der Waals surface area contributed by atoms with Crippen LogP contribution in [0.3, 0.4) is 0 Å². The second-order valence-corrected chi connectivity index (χ2v) is 9.97. The first-order chi connectivity index (χ1) is 22.2. The minimum Gasteiger partial charge on any atom is -0.490 e. The number of halogens is 1. The lowest BCUT2D eigenvalue weighted by atomic mass is 9.95. The Hall–Kier alpha value is -5.30. The van der Waals surface area contributed by atoms with Crippen molar-refractivity contribution in [3.8, 4) is 23.0 Å². The Morgan fingerprint density at radius 2 is 1.72 bits per heavy atom. The number of ether oxygens (including phenoxy) is 5. The van der Waals surface area contributed by atoms with Crippen molar-refractivity contribution < 1.29 is 42.8 Å². The normalized spacial score (nSPS) is 15.1. The van der Waals surface area contributed by atoms with E-state index in [2.05, 4.69) is 21.2 Å². The molecule has 3 aromatic carbocycles. The average molecular weight is 637 g/mol. The van der Waals surface area contributed by atoms with Crippen LogP contribution in [0.5, 0.6) is 23.0 Å². The topological polar surface area (TPSA) is 149 Å². The highest BCUT2D eigenvalue weighted by molar-refractivity contribution is 5.95. The molecule has 1 aliphatic rings. The molecule has 3 aromatic rings. The van der Waals surface area contributed by atoms with Gasteiger partial charge in [0.1, 0.15) is 19.0 Å². The smallest absolute Gasteiger partial charge is 0.337 e. The van der Waals surface area contributed by atoms with Gasteiger partial charge in [0.25, 0.3) is 0 Å². The number of amides is 2. The molecule has 0 aromatic heterocycles. The summed E-state index contributed by atoms with van der Waals surface area (Å²) in [6.07, 6.45) is 0.329. The predicted octanol–water partition coefficient (Wildman–Crippen LogP) is 4.32. The lowest BCUT2D eigenvalue weighted by Crippen LogP contribution is -2.45. The quantitative estimate of drug-likeness (QED) is 0.0828. The van der Waals surface area contributed by atoms with E-state index >= 15 is 0 Å². The average Bonchev–Trinajstić information content (AvgIpc) is 3.03. The number of hydrogen-bond donors (Lipinski definition) is 4. The largest absolute Gasteiger partial charge is 0.490 e. The Labute approximate surface area is 266 Å². The molecular formula is C33H37FN4O8. The Morgan fingerprint density at radius 1 is 1.00 bits per heavy atom. The number of aliphatic hydroxyl groups is 1. The summed E-state index contributed by atoms with van der Waals surface area (Å²) in [6.45, 7) is 6.00. The van der Waals surface area contributed by atoms with Crippen molar-refractivity contribution >= 4 is 18.2 Å². The molecule has 0 spiro atoms. The summed E-state index contributed by atoms with van der Waals surface area (Å²) in [5, 5.41) is 19.9. The minimum absolute atomic E-state index is 0.173. The molecule has 0 saturated carbocycles. The Morgan fingerprint density at radius 3 is 2.43 bits per heavy atom. The zero-order valence-electron chi connectivity index (χ0n) is 26.0. The summed E-state index contributed by atoms with van der Waals surface area (Å²) in [4.78, 5) is 24.6. The van der Waals surface area contributed by atoms with E-state index in [0.717, 1.165) is 0 Å². The zero-order chi connectivity index (χ0) is 33.1. The highest BCUT2D eigenvalue weighted by Crippen LogP contribution is 2.35. The van der Waals surface area contributed by atoms with Gasteiger partial charge in [0, 0.05) is 5.70 Å². The van der Waals surface area contributed by atoms with Crippen molar-refractivity contribution in [3.05, 3.63) is 94.4 Å². The molecule has 2 atom stereocenters. The van der Waals surface area contributed by atoms with Gasteiger partial charge in [0.15, 0.2) is 29.2 Å². The fourth-order valence-electron chi connectivity index (χ4n) is 4.60. The van der Waals surface area contributed by atoms with Crippen molar-refractivity contribution in [1.29, 1.82) is 0 Å². The number of benzene rings is 3. The number of nitrogens with one attached hydrogen (secondary N) is 3. The van der Waals surface area contributed by atoms with E-state index in [1.54, 1.807) is 62.4 Å². The third-order valence-electron chi connectivity index (χ3n) is 6.66. The lowest BCUT2D eigenvalue weighted by molar-refractivity contribution is -0.136. The van der Waals surface area contributed by atoms with Crippen molar-refractivity contribution in [2.24, 2.45) is 5.10 Å². The Bertz CT molecular complexity index is 1600. The highest BCUT2D eigenvalue weighted by Gasteiger charge is 2.32. The molecule has 0 unspecified atom stereocenters. The maximum atomic E-state index is 13.5. The molecule has 4 rings (SSSR count). The zero-order valence-corrected chi connectivity index (χ0v) is 26.0. The van der Waals surface area contributed by atoms with Gasteiger partial charge in [0.05, 0.1) is 38.2 Å². The molecule has 0 radical (unpaired) electrons. The molecular weight excluding hydrogens is 599 g/mol. The van der Waals surface area contributed by atoms with Crippen LogP contribution in [0.1, 0.15) is 43.5 Å². The number of rotatable bonds is 15. The van der Waals surface area contributed by atoms with Gasteiger partial charge in [-0.05, 0) is 79.9 Å². The van der Waals surface area contributed by atoms with Crippen LogP contribution in [0.4, 0.5) is 9.18 Å². The number of nitrogens with zero attached hydrogens (tertiary/aromatic N) is 1. The summed E-state index contributed by atoms with van der Waals surface area (Å²) < 4.78 is 41.5. The number of esters is 1. The number of urea groups is 1. The summed E-state index contributed by atoms with van der Waals surface area (Å²) in [5.41, 5.74) is 5.19. The van der Waals surface area contributed by atoms with E-state index in [9.17, 15) is 19.1 Å². The molecule has 12 nitrogen and oxygen atoms in total. The summed E-state index contributed by atoms with van der Waals surface area (Å²) in [5.74, 6) is 0.766. The minimum atomic E-state index is -1.18. The Balaban J connectivity index is 1.37. The summed E-state index contributed by atoms with van der Waals surface area (Å²) in [6, 6.07) is 15.1. The van der Waals surface area contributed by atoms with E-state index < -0.39 is 24.3 Å². The fourth-order valence-corrected chi connectivity index (χ4v) is 4.60. The SMILES string of the molecule is CCOc1cc(/C=N\N[C@H](O)COc2ccc([C@@H]3NC(=O)NC(C)=C3C(=O)OC)cc2OCC)ccc1OCc1cccc(F)c1. The van der Waals surface area contributed by atoms with Gasteiger partial charge in [-0.1, -0.05) is 18.2 Å². The molecule has 4 N–H and O–H groups in total. The number of methoxy groups -OCH3 is 1. The fraction of sp³-hybridized carbons (Fsp3) is 0.303. The van der Waals surface area contributed by atoms with Crippen LogP contribution in [0, 0.1) is 5.82 Å². The molecule has 0 fully saturated rings. The van der Waals surface area contributed by atoms with E-state index in [-0.39, 0.29) is 24.6 Å². The first-order valence-corrected chi connectivity index (χ1v) is 14.6. The van der Waals surface area contributed by atoms with Crippen LogP contribution >= 0.6 is 0 Å². The van der Waals surface area contributed by atoms with Crippen LogP contribution in [0.15, 0.2) is 77.0 Å². The summed E-state index contributed by atoms with van der Waals surface area (Å²) >= 11 is 0. The molecule has 244 valence electrons. The van der Waals surface area contributed by atoms with Crippen LogP contribution in [0.25, 0.3) is 0 Å². The van der Waals surface area contributed by atoms with E-state index in [4.69, 9.17) is 23.7 Å². The molecule has 0 aliphatic carbocycles. The molecule has 46 heavy (non-hydrogen) atoms. The molecule has 2 amide bonds. The van der Waals surface area contributed by atoms with Crippen LogP contribution in [-0.4, -0.2) is 56.5 Å². The van der Waals surface area contributed by atoms with Crippen molar-refractivity contribution in [2.45, 2.75) is 39.6 Å². The number of hydrazone groups is 1. The van der Waals surface area contributed by atoms with Gasteiger partial charge in [-0.2, -0.15) is 5.10 Å². The van der Waals surface area contributed by atoms with Gasteiger partial charge in [0.2, 0.25) is 0 Å². The van der Waals surface area contributed by atoms with Crippen LogP contribution in [-0.2, 0) is 16.1 Å². The lowest BCUT2D eigenvalue weighted by Gasteiger charge is -2.28. The number of carbonyl (C=O) groups excluding carboxylic acids is 2. The molecule has 0 saturated heterocycles. The number of hydrogen-bond acceptors (Lipinski definition) is 10. The molecule has 0 bridgehead atoms. The van der Waals surface area contributed by atoms with E-state index in [0.29, 0.717) is 58.6 Å². The molecule has 13 heteroatoms. The number of allylic oxidation sites excluding steroid dienone is 1. The van der Waals surface area contributed by atoms with Crippen molar-refractivity contribution in [3.63, 3.8) is 0 Å². The first kappa shape index (κ1) is 33.6.